The fraction of sp³-hybridized carbons (Fsp3) is 0.154. The minimum Gasteiger partial charge on any atom is -0.502 e. The molecule has 0 spiro atoms. The van der Waals surface area contributed by atoms with Gasteiger partial charge in [-0.2, -0.15) is 0 Å². The van der Waals surface area contributed by atoms with Gasteiger partial charge in [0.05, 0.1) is 13.2 Å². The van der Waals surface area contributed by atoms with E-state index in [1.165, 1.54) is 0 Å². The smallest absolute Gasteiger partial charge is 0.271 e. The first-order valence-corrected chi connectivity index (χ1v) is 10.3. The van der Waals surface area contributed by atoms with Crippen LogP contribution in [-0.4, -0.2) is 12.2 Å². The Morgan fingerprint density at radius 3 is 2.16 bits per heavy atom. The Hall–Kier alpha value is -3.90. The van der Waals surface area contributed by atoms with Gasteiger partial charge in [0.25, 0.3) is 10.9 Å². The van der Waals surface area contributed by atoms with Crippen molar-refractivity contribution >= 4 is 11.4 Å². The van der Waals surface area contributed by atoms with Crippen molar-refractivity contribution in [3.63, 3.8) is 0 Å². The molecule has 32 heavy (non-hydrogen) atoms. The Balaban J connectivity index is 1.67. The second-order valence-electron chi connectivity index (χ2n) is 7.64. The Kier molecular flexibility index (Phi) is 6.05. The molecule has 6 nitrogen and oxygen atoms in total. The molecule has 2 atom stereocenters. The summed E-state index contributed by atoms with van der Waals surface area (Å²) in [4.78, 5) is 23.0. The highest BCUT2D eigenvalue weighted by Crippen LogP contribution is 2.30. The number of anilines is 2. The van der Waals surface area contributed by atoms with Gasteiger partial charge in [-0.1, -0.05) is 54.6 Å². The van der Waals surface area contributed by atoms with Gasteiger partial charge >= 0.3 is 0 Å². The number of methoxy groups -OCH3 is 1. The first-order valence-electron chi connectivity index (χ1n) is 10.3. The van der Waals surface area contributed by atoms with Gasteiger partial charge in [-0.25, -0.2) is 0 Å². The molecule has 0 saturated carbocycles. The van der Waals surface area contributed by atoms with Crippen LogP contribution in [0.25, 0.3) is 0 Å². The summed E-state index contributed by atoms with van der Waals surface area (Å²) in [5, 5.41) is 16.2. The molecule has 0 aromatic heterocycles. The summed E-state index contributed by atoms with van der Waals surface area (Å²) in [6.07, 6.45) is 0. The molecule has 0 aliphatic heterocycles. The van der Waals surface area contributed by atoms with E-state index in [1.54, 1.807) is 13.2 Å². The lowest BCUT2D eigenvalue weighted by Crippen LogP contribution is -2.32. The van der Waals surface area contributed by atoms with E-state index in [2.05, 4.69) is 29.7 Å². The number of ether oxygens (including phenoxy) is 1. The standard InChI is InChI=1S/C26H24N2O4/c1-16(17-7-4-3-5-8-17)27-22(18-11-13-21(32-2)14-12-18)19-9-6-10-20(15-19)28-23-24(29)26(31)25(23)30/h3-16,22,27-29H,1-2H3. The third-order valence-electron chi connectivity index (χ3n) is 5.54. The molecule has 0 radical (unpaired) electrons. The minimum atomic E-state index is -0.863. The van der Waals surface area contributed by atoms with Crippen molar-refractivity contribution in [2.45, 2.75) is 19.0 Å². The quantitative estimate of drug-likeness (QED) is 0.365. The van der Waals surface area contributed by atoms with Crippen molar-refractivity contribution in [2.24, 2.45) is 0 Å². The lowest BCUT2D eigenvalue weighted by Gasteiger charge is -2.25. The zero-order valence-corrected chi connectivity index (χ0v) is 17.8. The number of nitrogens with one attached hydrogen (secondary N) is 2. The largest absolute Gasteiger partial charge is 0.502 e. The molecule has 6 heteroatoms. The Labute approximate surface area is 185 Å². The predicted octanol–water partition coefficient (Wildman–Crippen LogP) is 4.18. The van der Waals surface area contributed by atoms with Crippen molar-refractivity contribution in [3.05, 3.63) is 116 Å². The average molecular weight is 428 g/mol. The molecule has 0 bridgehead atoms. The van der Waals surface area contributed by atoms with Gasteiger partial charge in [0.2, 0.25) is 0 Å². The van der Waals surface area contributed by atoms with E-state index in [1.807, 2.05) is 60.7 Å². The molecule has 3 N–H and O–H groups in total. The van der Waals surface area contributed by atoms with Gasteiger partial charge < -0.3 is 15.2 Å². The van der Waals surface area contributed by atoms with Gasteiger partial charge in [0, 0.05) is 11.7 Å². The van der Waals surface area contributed by atoms with Gasteiger partial charge in [0.15, 0.2) is 5.75 Å². The van der Waals surface area contributed by atoms with Crippen LogP contribution < -0.4 is 26.2 Å². The van der Waals surface area contributed by atoms with Crippen molar-refractivity contribution < 1.29 is 9.84 Å². The zero-order valence-electron chi connectivity index (χ0n) is 17.8. The van der Waals surface area contributed by atoms with Crippen molar-refractivity contribution in [1.29, 1.82) is 0 Å². The number of rotatable bonds is 8. The molecule has 0 aliphatic carbocycles. The summed E-state index contributed by atoms with van der Waals surface area (Å²) in [6.45, 7) is 2.11. The van der Waals surface area contributed by atoms with E-state index < -0.39 is 16.6 Å². The molecule has 2 unspecified atom stereocenters. The molecular formula is C26H24N2O4. The topological polar surface area (TPSA) is 87.7 Å². The average Bonchev–Trinajstić information content (AvgIpc) is 2.85. The fourth-order valence-corrected chi connectivity index (χ4v) is 3.71. The highest BCUT2D eigenvalue weighted by atomic mass is 16.5. The number of benzene rings is 3. The van der Waals surface area contributed by atoms with Gasteiger partial charge in [-0.05, 0) is 47.9 Å². The van der Waals surface area contributed by atoms with Crippen LogP contribution in [0.1, 0.15) is 35.7 Å². The summed E-state index contributed by atoms with van der Waals surface area (Å²) < 4.78 is 5.30. The van der Waals surface area contributed by atoms with E-state index in [9.17, 15) is 14.7 Å². The first-order chi connectivity index (χ1) is 15.5. The van der Waals surface area contributed by atoms with Crippen LogP contribution in [0.3, 0.4) is 0 Å². The van der Waals surface area contributed by atoms with Crippen LogP contribution in [0, 0.1) is 0 Å². The third-order valence-corrected chi connectivity index (χ3v) is 5.54. The van der Waals surface area contributed by atoms with Crippen molar-refractivity contribution in [3.8, 4) is 11.5 Å². The molecule has 0 fully saturated rings. The number of aromatic hydroxyl groups is 1. The maximum atomic E-state index is 11.7. The van der Waals surface area contributed by atoms with E-state index in [0.717, 1.165) is 22.4 Å². The molecule has 162 valence electrons. The lowest BCUT2D eigenvalue weighted by molar-refractivity contribution is 0.414. The second kappa shape index (κ2) is 9.08. The number of hydrogen-bond acceptors (Lipinski definition) is 6. The summed E-state index contributed by atoms with van der Waals surface area (Å²) >= 11 is 0. The Morgan fingerprint density at radius 1 is 0.812 bits per heavy atom. The molecule has 0 saturated heterocycles. The maximum absolute atomic E-state index is 11.7. The molecule has 4 aromatic rings. The highest BCUT2D eigenvalue weighted by Gasteiger charge is 2.21. The zero-order chi connectivity index (χ0) is 22.7. The third kappa shape index (κ3) is 4.26. The highest BCUT2D eigenvalue weighted by molar-refractivity contribution is 5.69. The van der Waals surface area contributed by atoms with Crippen LogP contribution in [-0.2, 0) is 0 Å². The Morgan fingerprint density at radius 2 is 1.50 bits per heavy atom. The van der Waals surface area contributed by atoms with Crippen molar-refractivity contribution in [1.82, 2.24) is 5.32 Å². The number of hydrogen-bond donors (Lipinski definition) is 3. The molecule has 4 aromatic carbocycles. The van der Waals surface area contributed by atoms with Gasteiger partial charge in [-0.3, -0.25) is 14.9 Å². The Bertz CT molecular complexity index is 1280. The SMILES string of the molecule is COc1ccc(C(NC(C)c2ccccc2)c2cccc(Nc3c(O)c(=O)c3=O)c2)cc1. The molecule has 0 heterocycles. The molecule has 4 rings (SSSR count). The van der Waals surface area contributed by atoms with Crippen molar-refractivity contribution in [2.75, 3.05) is 12.4 Å². The summed E-state index contributed by atoms with van der Waals surface area (Å²) in [5.41, 5.74) is 2.13. The predicted molar refractivity (Wildman–Crippen MR) is 126 cm³/mol. The van der Waals surface area contributed by atoms with Crippen LogP contribution >= 0.6 is 0 Å². The first kappa shape index (κ1) is 21.3. The molecular weight excluding hydrogens is 404 g/mol. The van der Waals surface area contributed by atoms with Crippen LogP contribution in [0.15, 0.2) is 88.5 Å². The van der Waals surface area contributed by atoms with Gasteiger partial charge in [0.1, 0.15) is 11.4 Å². The summed E-state index contributed by atoms with van der Waals surface area (Å²) in [6, 6.07) is 25.5. The van der Waals surface area contributed by atoms with Crippen LogP contribution in [0.2, 0.25) is 0 Å². The minimum absolute atomic E-state index is 0.0671. The lowest BCUT2D eigenvalue weighted by atomic mass is 9.96. The van der Waals surface area contributed by atoms with Crippen LogP contribution in [0.5, 0.6) is 11.5 Å². The monoisotopic (exact) mass is 428 g/mol. The van der Waals surface area contributed by atoms with E-state index in [0.29, 0.717) is 5.69 Å². The fourth-order valence-electron chi connectivity index (χ4n) is 3.71. The maximum Gasteiger partial charge on any atom is 0.271 e. The molecule has 0 aliphatic rings. The second-order valence-corrected chi connectivity index (χ2v) is 7.64. The summed E-state index contributed by atoms with van der Waals surface area (Å²) in [5.74, 6) is 0.248. The van der Waals surface area contributed by atoms with Gasteiger partial charge in [-0.15, -0.1) is 0 Å². The van der Waals surface area contributed by atoms with E-state index in [4.69, 9.17) is 4.74 Å². The molecule has 0 amide bonds. The van der Waals surface area contributed by atoms with Crippen LogP contribution in [0.4, 0.5) is 11.4 Å². The normalized spacial score (nSPS) is 12.9. The van der Waals surface area contributed by atoms with E-state index in [-0.39, 0.29) is 17.8 Å². The van der Waals surface area contributed by atoms with E-state index >= 15 is 0 Å². The summed E-state index contributed by atoms with van der Waals surface area (Å²) in [7, 11) is 1.63.